The summed E-state index contributed by atoms with van der Waals surface area (Å²) in [5.74, 6) is 0.271. The number of benzene rings is 1. The number of nitrogens with zero attached hydrogens (tertiary/aromatic N) is 5. The Kier molecular flexibility index (Phi) is 6.25. The van der Waals surface area contributed by atoms with Crippen LogP contribution in [0, 0.1) is 0 Å². The minimum Gasteiger partial charge on any atom is -0.381 e. The lowest BCUT2D eigenvalue weighted by molar-refractivity contribution is -0.135. The summed E-state index contributed by atoms with van der Waals surface area (Å²) in [5, 5.41) is 0. The van der Waals surface area contributed by atoms with Gasteiger partial charge in [-0.1, -0.05) is 18.2 Å². The van der Waals surface area contributed by atoms with Crippen LogP contribution in [0.4, 0.5) is 0 Å². The normalized spacial score (nSPS) is 21.1. The van der Waals surface area contributed by atoms with Crippen LogP contribution in [0.3, 0.4) is 0 Å². The first-order chi connectivity index (χ1) is 15.3. The first kappa shape index (κ1) is 20.5. The minimum absolute atomic E-state index is 0.271. The number of fused-ring (bicyclic) bond motifs is 1. The molecule has 7 nitrogen and oxygen atoms in total. The van der Waals surface area contributed by atoms with E-state index in [-0.39, 0.29) is 5.91 Å². The zero-order chi connectivity index (χ0) is 21.0. The summed E-state index contributed by atoms with van der Waals surface area (Å²) >= 11 is 0. The lowest BCUT2D eigenvalue weighted by atomic mass is 9.95. The van der Waals surface area contributed by atoms with Crippen molar-refractivity contribution in [1.82, 2.24) is 24.7 Å². The minimum atomic E-state index is 0.271. The smallest absolute Gasteiger partial charge is 0.236 e. The zero-order valence-corrected chi connectivity index (χ0v) is 18.1. The van der Waals surface area contributed by atoms with E-state index in [1.807, 2.05) is 12.4 Å². The molecule has 1 amide bonds. The fourth-order valence-electron chi connectivity index (χ4n) is 5.05. The van der Waals surface area contributed by atoms with E-state index >= 15 is 0 Å². The number of piperazine rings is 1. The topological polar surface area (TPSA) is 61.8 Å². The summed E-state index contributed by atoms with van der Waals surface area (Å²) in [5.41, 5.74) is 4.90. The standard InChI is InChI=1S/C24H31N5O2/c30-24(29-9-7-28(8-10-29)23-4-11-31-12-5-23)17-27-6-3-20-13-19(1-2-21(20)16-27)22-14-25-18-26-15-22/h1-2,13-15,18,23H,3-12,16-17H2. The fourth-order valence-corrected chi connectivity index (χ4v) is 5.05. The van der Waals surface area contributed by atoms with E-state index in [0.29, 0.717) is 12.6 Å². The van der Waals surface area contributed by atoms with E-state index < -0.39 is 0 Å². The molecule has 7 heteroatoms. The molecule has 2 aromatic rings. The van der Waals surface area contributed by atoms with E-state index in [9.17, 15) is 4.79 Å². The maximum atomic E-state index is 12.9. The molecule has 164 valence electrons. The van der Waals surface area contributed by atoms with Gasteiger partial charge in [0.15, 0.2) is 0 Å². The highest BCUT2D eigenvalue weighted by molar-refractivity contribution is 5.78. The van der Waals surface area contributed by atoms with Crippen molar-refractivity contribution in [3.05, 3.63) is 48.0 Å². The molecular weight excluding hydrogens is 390 g/mol. The van der Waals surface area contributed by atoms with Crippen LogP contribution >= 0.6 is 0 Å². The monoisotopic (exact) mass is 421 g/mol. The highest BCUT2D eigenvalue weighted by atomic mass is 16.5. The highest BCUT2D eigenvalue weighted by Crippen LogP contribution is 2.25. The largest absolute Gasteiger partial charge is 0.381 e. The molecule has 4 heterocycles. The second-order valence-corrected chi connectivity index (χ2v) is 8.83. The van der Waals surface area contributed by atoms with Crippen molar-refractivity contribution >= 4 is 5.91 Å². The summed E-state index contributed by atoms with van der Waals surface area (Å²) in [6.07, 6.45) is 8.48. The molecule has 5 rings (SSSR count). The van der Waals surface area contributed by atoms with E-state index in [2.05, 4.69) is 42.9 Å². The Bertz CT molecular complexity index is 892. The van der Waals surface area contributed by atoms with Gasteiger partial charge >= 0.3 is 0 Å². The molecular formula is C24H31N5O2. The first-order valence-corrected chi connectivity index (χ1v) is 11.5. The van der Waals surface area contributed by atoms with Crippen LogP contribution in [-0.4, -0.2) is 89.1 Å². The average Bonchev–Trinajstić information content (AvgIpc) is 2.85. The summed E-state index contributed by atoms with van der Waals surface area (Å²) in [7, 11) is 0. The second-order valence-electron chi connectivity index (χ2n) is 8.83. The molecule has 3 aliphatic heterocycles. The molecule has 0 radical (unpaired) electrons. The number of hydrogen-bond acceptors (Lipinski definition) is 6. The maximum absolute atomic E-state index is 12.9. The highest BCUT2D eigenvalue weighted by Gasteiger charge is 2.28. The van der Waals surface area contributed by atoms with Gasteiger partial charge in [0.05, 0.1) is 6.54 Å². The van der Waals surface area contributed by atoms with Crippen LogP contribution in [-0.2, 0) is 22.5 Å². The maximum Gasteiger partial charge on any atom is 0.236 e. The lowest BCUT2D eigenvalue weighted by Gasteiger charge is -2.41. The molecule has 1 aromatic heterocycles. The van der Waals surface area contributed by atoms with Gasteiger partial charge in [-0.15, -0.1) is 0 Å². The third-order valence-corrected chi connectivity index (χ3v) is 6.92. The number of rotatable bonds is 4. The van der Waals surface area contributed by atoms with E-state index in [4.69, 9.17) is 4.74 Å². The van der Waals surface area contributed by atoms with Gasteiger partial charge in [-0.2, -0.15) is 0 Å². The van der Waals surface area contributed by atoms with Crippen LogP contribution in [0.5, 0.6) is 0 Å². The zero-order valence-electron chi connectivity index (χ0n) is 18.1. The predicted octanol–water partition coefficient (Wildman–Crippen LogP) is 1.82. The Balaban J connectivity index is 1.14. The van der Waals surface area contributed by atoms with Gasteiger partial charge in [-0.05, 0) is 36.0 Å². The molecule has 0 aliphatic carbocycles. The summed E-state index contributed by atoms with van der Waals surface area (Å²) in [6.45, 7) is 7.72. The van der Waals surface area contributed by atoms with Crippen molar-refractivity contribution in [3.8, 4) is 11.1 Å². The summed E-state index contributed by atoms with van der Waals surface area (Å²) in [6, 6.07) is 7.22. The molecule has 0 unspecified atom stereocenters. The SMILES string of the molecule is O=C(CN1CCc2cc(-c3cncnc3)ccc2C1)N1CCN(C2CCOCC2)CC1. The number of aromatic nitrogens is 2. The van der Waals surface area contributed by atoms with E-state index in [0.717, 1.165) is 82.9 Å². The van der Waals surface area contributed by atoms with Crippen LogP contribution in [0.2, 0.25) is 0 Å². The van der Waals surface area contributed by atoms with Crippen molar-refractivity contribution in [3.63, 3.8) is 0 Å². The van der Waals surface area contributed by atoms with Gasteiger partial charge in [0, 0.05) is 76.5 Å². The van der Waals surface area contributed by atoms with Crippen LogP contribution < -0.4 is 0 Å². The fraction of sp³-hybridized carbons (Fsp3) is 0.542. The van der Waals surface area contributed by atoms with Crippen molar-refractivity contribution in [2.45, 2.75) is 31.8 Å². The van der Waals surface area contributed by atoms with Gasteiger partial charge in [-0.3, -0.25) is 14.6 Å². The van der Waals surface area contributed by atoms with E-state index in [1.54, 1.807) is 6.33 Å². The summed E-state index contributed by atoms with van der Waals surface area (Å²) < 4.78 is 5.49. The molecule has 2 fully saturated rings. The van der Waals surface area contributed by atoms with Crippen molar-refractivity contribution in [2.75, 3.05) is 52.5 Å². The molecule has 0 bridgehead atoms. The van der Waals surface area contributed by atoms with Crippen LogP contribution in [0.1, 0.15) is 24.0 Å². The Labute approximate surface area is 184 Å². The first-order valence-electron chi connectivity index (χ1n) is 11.5. The Hall–Kier alpha value is -2.35. The molecule has 2 saturated heterocycles. The third kappa shape index (κ3) is 4.79. The van der Waals surface area contributed by atoms with Gasteiger partial charge in [0.25, 0.3) is 0 Å². The average molecular weight is 422 g/mol. The van der Waals surface area contributed by atoms with Crippen LogP contribution in [0.25, 0.3) is 11.1 Å². The van der Waals surface area contributed by atoms with Gasteiger partial charge < -0.3 is 9.64 Å². The van der Waals surface area contributed by atoms with Crippen molar-refractivity contribution in [1.29, 1.82) is 0 Å². The lowest BCUT2D eigenvalue weighted by Crippen LogP contribution is -2.54. The molecule has 1 aromatic carbocycles. The molecule has 0 saturated carbocycles. The van der Waals surface area contributed by atoms with Crippen molar-refractivity contribution < 1.29 is 9.53 Å². The number of carbonyl (C=O) groups is 1. The van der Waals surface area contributed by atoms with Crippen molar-refractivity contribution in [2.24, 2.45) is 0 Å². The molecule has 0 spiro atoms. The molecule has 0 N–H and O–H groups in total. The Morgan fingerprint density at radius 2 is 1.74 bits per heavy atom. The van der Waals surface area contributed by atoms with Crippen LogP contribution in [0.15, 0.2) is 36.9 Å². The third-order valence-electron chi connectivity index (χ3n) is 6.92. The quantitative estimate of drug-likeness (QED) is 0.751. The number of ether oxygens (including phenoxy) is 1. The number of carbonyl (C=O) groups excluding carboxylic acids is 1. The van der Waals surface area contributed by atoms with Gasteiger partial charge in [0.1, 0.15) is 6.33 Å². The van der Waals surface area contributed by atoms with Gasteiger partial charge in [-0.25, -0.2) is 9.97 Å². The number of amides is 1. The Morgan fingerprint density at radius 3 is 2.52 bits per heavy atom. The van der Waals surface area contributed by atoms with Gasteiger partial charge in [0.2, 0.25) is 5.91 Å². The molecule has 31 heavy (non-hydrogen) atoms. The molecule has 3 aliphatic rings. The predicted molar refractivity (Wildman–Crippen MR) is 118 cm³/mol. The van der Waals surface area contributed by atoms with E-state index in [1.165, 1.54) is 11.1 Å². The summed E-state index contributed by atoms with van der Waals surface area (Å²) in [4.78, 5) is 28.1. The second kappa shape index (κ2) is 9.42. The Morgan fingerprint density at radius 1 is 0.968 bits per heavy atom. The molecule has 0 atom stereocenters. The number of hydrogen-bond donors (Lipinski definition) is 0.